The molecule has 0 bridgehead atoms. The highest BCUT2D eigenvalue weighted by atomic mass is 16.3. The van der Waals surface area contributed by atoms with Crippen molar-refractivity contribution in [3.63, 3.8) is 0 Å². The number of fused-ring (bicyclic) bond motifs is 13. The van der Waals surface area contributed by atoms with E-state index in [1.165, 1.54) is 21.5 Å². The van der Waals surface area contributed by atoms with Gasteiger partial charge in [0.1, 0.15) is 22.3 Å². The van der Waals surface area contributed by atoms with Gasteiger partial charge in [-0.2, -0.15) is 9.97 Å². The zero-order valence-electron chi connectivity index (χ0n) is 33.0. The maximum atomic E-state index is 6.77. The van der Waals surface area contributed by atoms with Crippen molar-refractivity contribution >= 4 is 98.3 Å². The van der Waals surface area contributed by atoms with Crippen LogP contribution >= 0.6 is 0 Å². The van der Waals surface area contributed by atoms with Gasteiger partial charge in [0.2, 0.25) is 5.95 Å². The zero-order valence-corrected chi connectivity index (χ0v) is 33.0. The molecule has 0 N–H and O–H groups in total. The second kappa shape index (κ2) is 12.5. The molecular weight excluding hydrogens is 763 g/mol. The SMILES string of the molecule is c1ccc2cc3c(cc2c1)c1ccccc1n3-c1cc(-c2nc(-c3cccc4oc5ccccc5c34)nc(-n3c4ccccc4c4ccccc43)n2)cc2oc3ccccc3c12. The molecule has 0 aliphatic rings. The number of aromatic nitrogens is 5. The fourth-order valence-electron chi connectivity index (χ4n) is 9.87. The predicted molar refractivity (Wildman–Crippen MR) is 251 cm³/mol. The summed E-state index contributed by atoms with van der Waals surface area (Å²) in [5.41, 5.74) is 10.0. The Morgan fingerprint density at radius 2 is 0.871 bits per heavy atom. The molecular formula is C55H31N5O2. The average molecular weight is 794 g/mol. The molecule has 0 amide bonds. The first-order valence-corrected chi connectivity index (χ1v) is 20.8. The second-order valence-electron chi connectivity index (χ2n) is 16.0. The standard InChI is InChI=1S/C55H31N5O2/c1-2-15-33-29-45-41(28-32(33)14-1)37-18-5-8-22-42(37)59(45)46-30-34(31-50-52(46)39-20-7-12-26-48(39)62-50)53-56-54(40-21-13-27-49-51(40)38-19-6-11-25-47(38)61-49)58-55(57-53)60-43-23-9-3-16-35(43)36-17-4-10-24-44(36)60/h1-31H. The molecule has 0 spiro atoms. The summed E-state index contributed by atoms with van der Waals surface area (Å²) in [6.45, 7) is 0. The van der Waals surface area contributed by atoms with E-state index < -0.39 is 0 Å². The van der Waals surface area contributed by atoms with Gasteiger partial charge in [0.25, 0.3) is 0 Å². The van der Waals surface area contributed by atoms with Crippen molar-refractivity contribution in [1.29, 1.82) is 0 Å². The van der Waals surface area contributed by atoms with E-state index in [1.807, 2.05) is 42.5 Å². The molecule has 0 unspecified atom stereocenters. The van der Waals surface area contributed by atoms with Crippen molar-refractivity contribution in [3.8, 4) is 34.4 Å². The highest BCUT2D eigenvalue weighted by molar-refractivity contribution is 6.17. The van der Waals surface area contributed by atoms with Gasteiger partial charge in [0.05, 0.1) is 33.1 Å². The van der Waals surface area contributed by atoms with Crippen molar-refractivity contribution in [2.24, 2.45) is 0 Å². The molecule has 0 aliphatic carbocycles. The fourth-order valence-corrected chi connectivity index (χ4v) is 9.87. The van der Waals surface area contributed by atoms with E-state index in [4.69, 9.17) is 23.8 Å². The molecule has 0 saturated carbocycles. The lowest BCUT2D eigenvalue weighted by atomic mass is 10.0. The first kappa shape index (κ1) is 33.3. The third-order valence-corrected chi connectivity index (χ3v) is 12.5. The van der Waals surface area contributed by atoms with Gasteiger partial charge in [-0.3, -0.25) is 4.57 Å². The van der Waals surface area contributed by atoms with Gasteiger partial charge in [-0.15, -0.1) is 0 Å². The van der Waals surface area contributed by atoms with Gasteiger partial charge in [-0.05, 0) is 71.4 Å². The Morgan fingerprint density at radius 3 is 1.58 bits per heavy atom. The van der Waals surface area contributed by atoms with Crippen LogP contribution in [-0.4, -0.2) is 24.1 Å². The van der Waals surface area contributed by atoms with Crippen molar-refractivity contribution in [2.75, 3.05) is 0 Å². The smallest absolute Gasteiger partial charge is 0.238 e. The second-order valence-corrected chi connectivity index (χ2v) is 16.0. The van der Waals surface area contributed by atoms with Crippen LogP contribution in [0.1, 0.15) is 0 Å². The lowest BCUT2D eigenvalue weighted by Gasteiger charge is -2.14. The number of nitrogens with zero attached hydrogens (tertiary/aromatic N) is 5. The van der Waals surface area contributed by atoms with Gasteiger partial charge >= 0.3 is 0 Å². The molecule has 0 atom stereocenters. The predicted octanol–water partition coefficient (Wildman–Crippen LogP) is 14.4. The molecule has 62 heavy (non-hydrogen) atoms. The summed E-state index contributed by atoms with van der Waals surface area (Å²) in [7, 11) is 0. The molecule has 0 radical (unpaired) electrons. The topological polar surface area (TPSA) is 74.8 Å². The Labute approximate surface area is 352 Å². The normalized spacial score (nSPS) is 12.2. The van der Waals surface area contributed by atoms with Gasteiger partial charge in [0.15, 0.2) is 11.6 Å². The molecule has 0 aliphatic heterocycles. The van der Waals surface area contributed by atoms with Gasteiger partial charge in [0, 0.05) is 48.8 Å². The largest absolute Gasteiger partial charge is 0.456 e. The summed E-state index contributed by atoms with van der Waals surface area (Å²) in [6.07, 6.45) is 0. The van der Waals surface area contributed by atoms with E-state index in [0.29, 0.717) is 17.6 Å². The number of furan rings is 2. The molecule has 288 valence electrons. The van der Waals surface area contributed by atoms with Crippen molar-refractivity contribution in [2.45, 2.75) is 0 Å². The average Bonchev–Trinajstić information content (AvgIpc) is 4.08. The van der Waals surface area contributed by atoms with E-state index in [2.05, 4.69) is 155 Å². The van der Waals surface area contributed by atoms with E-state index in [0.717, 1.165) is 93.5 Å². The minimum atomic E-state index is 0.516. The van der Waals surface area contributed by atoms with Crippen LogP contribution in [0.2, 0.25) is 0 Å². The molecule has 14 aromatic rings. The van der Waals surface area contributed by atoms with Crippen LogP contribution in [0.4, 0.5) is 0 Å². The Kier molecular flexibility index (Phi) is 6.71. The van der Waals surface area contributed by atoms with Crippen LogP contribution in [0, 0.1) is 0 Å². The lowest BCUT2D eigenvalue weighted by Crippen LogP contribution is -2.07. The summed E-state index contributed by atoms with van der Waals surface area (Å²) >= 11 is 0. The van der Waals surface area contributed by atoms with Crippen molar-refractivity contribution in [3.05, 3.63) is 188 Å². The third kappa shape index (κ3) is 4.67. The molecule has 5 heterocycles. The van der Waals surface area contributed by atoms with Crippen LogP contribution in [0.3, 0.4) is 0 Å². The number of hydrogen-bond acceptors (Lipinski definition) is 5. The maximum absolute atomic E-state index is 6.77. The monoisotopic (exact) mass is 793 g/mol. The molecule has 7 heteroatoms. The van der Waals surface area contributed by atoms with Crippen LogP contribution < -0.4 is 0 Å². The first-order chi connectivity index (χ1) is 30.7. The molecule has 5 aromatic heterocycles. The van der Waals surface area contributed by atoms with E-state index >= 15 is 0 Å². The van der Waals surface area contributed by atoms with Crippen molar-refractivity contribution in [1.82, 2.24) is 24.1 Å². The molecule has 14 rings (SSSR count). The highest BCUT2D eigenvalue weighted by Crippen LogP contribution is 2.43. The van der Waals surface area contributed by atoms with Crippen molar-refractivity contribution < 1.29 is 8.83 Å². The lowest BCUT2D eigenvalue weighted by molar-refractivity contribution is 0.668. The van der Waals surface area contributed by atoms with Crippen LogP contribution in [-0.2, 0) is 0 Å². The summed E-state index contributed by atoms with van der Waals surface area (Å²) in [5.74, 6) is 1.58. The highest BCUT2D eigenvalue weighted by Gasteiger charge is 2.24. The maximum Gasteiger partial charge on any atom is 0.238 e. The first-order valence-electron chi connectivity index (χ1n) is 20.8. The Bertz CT molecular complexity index is 4130. The summed E-state index contributed by atoms with van der Waals surface area (Å²) in [6, 6.07) is 65.5. The minimum Gasteiger partial charge on any atom is -0.456 e. The Balaban J connectivity index is 1.12. The third-order valence-electron chi connectivity index (χ3n) is 12.5. The number of hydrogen-bond donors (Lipinski definition) is 0. The van der Waals surface area contributed by atoms with Gasteiger partial charge in [-0.25, -0.2) is 4.98 Å². The van der Waals surface area contributed by atoms with Crippen LogP contribution in [0.5, 0.6) is 0 Å². The van der Waals surface area contributed by atoms with Crippen LogP contribution in [0.15, 0.2) is 197 Å². The molecule has 9 aromatic carbocycles. The molecule has 7 nitrogen and oxygen atoms in total. The fraction of sp³-hybridized carbons (Fsp3) is 0. The number of benzene rings is 9. The van der Waals surface area contributed by atoms with Gasteiger partial charge in [-0.1, -0.05) is 127 Å². The summed E-state index contributed by atoms with van der Waals surface area (Å²) in [4.78, 5) is 16.2. The van der Waals surface area contributed by atoms with E-state index in [9.17, 15) is 0 Å². The molecule has 0 fully saturated rings. The van der Waals surface area contributed by atoms with Crippen LogP contribution in [0.25, 0.3) is 133 Å². The Hall–Kier alpha value is -8.55. The Morgan fingerprint density at radius 1 is 0.339 bits per heavy atom. The molecule has 0 saturated heterocycles. The number of para-hydroxylation sites is 5. The van der Waals surface area contributed by atoms with E-state index in [-0.39, 0.29) is 0 Å². The number of rotatable bonds is 4. The minimum absolute atomic E-state index is 0.516. The summed E-state index contributed by atoms with van der Waals surface area (Å²) < 4.78 is 17.7. The zero-order chi connectivity index (χ0) is 40.5. The quantitative estimate of drug-likeness (QED) is 0.177. The van der Waals surface area contributed by atoms with Gasteiger partial charge < -0.3 is 13.4 Å². The van der Waals surface area contributed by atoms with E-state index in [1.54, 1.807) is 0 Å². The summed E-state index contributed by atoms with van der Waals surface area (Å²) in [5, 5.41) is 11.0.